The molecule has 3 aromatic rings. The molecule has 8 heteroatoms. The van der Waals surface area contributed by atoms with Crippen molar-refractivity contribution in [3.8, 4) is 17.6 Å². The summed E-state index contributed by atoms with van der Waals surface area (Å²) in [5.74, 6) is 1.42. The van der Waals surface area contributed by atoms with Crippen molar-refractivity contribution in [2.45, 2.75) is 6.92 Å². The minimum Gasteiger partial charge on any atom is -0.490 e. The molecule has 0 aliphatic rings. The Bertz CT molecular complexity index is 1090. The van der Waals surface area contributed by atoms with Crippen LogP contribution >= 0.6 is 11.6 Å². The number of hydrogen-bond donors (Lipinski definition) is 1. The number of benzene rings is 2. The molecule has 0 spiro atoms. The van der Waals surface area contributed by atoms with Gasteiger partial charge in [0.2, 0.25) is 0 Å². The fraction of sp³-hybridized carbons (Fsp3) is 0.136. The van der Waals surface area contributed by atoms with Crippen LogP contribution in [0.1, 0.15) is 11.3 Å². The highest BCUT2D eigenvalue weighted by Gasteiger charge is 2.12. The first kappa shape index (κ1) is 21.0. The van der Waals surface area contributed by atoms with Gasteiger partial charge in [-0.25, -0.2) is 0 Å². The number of carbonyl (C=O) groups excluding carboxylic acids is 1. The van der Waals surface area contributed by atoms with Gasteiger partial charge in [-0.3, -0.25) is 4.79 Å². The van der Waals surface area contributed by atoms with Crippen molar-refractivity contribution < 1.29 is 18.8 Å². The van der Waals surface area contributed by atoms with Crippen LogP contribution < -0.4 is 14.8 Å². The molecule has 0 saturated heterocycles. The molecule has 1 heterocycles. The van der Waals surface area contributed by atoms with Crippen LogP contribution in [0.3, 0.4) is 0 Å². The number of rotatable bonds is 8. The van der Waals surface area contributed by atoms with Crippen molar-refractivity contribution in [3.05, 3.63) is 76.5 Å². The van der Waals surface area contributed by atoms with Crippen LogP contribution in [0.15, 0.2) is 64.7 Å². The molecular formula is C22H18ClN3O4. The number of aryl methyl sites for hydroxylation is 1. The lowest BCUT2D eigenvalue weighted by atomic mass is 10.1. The Morgan fingerprint density at radius 3 is 2.63 bits per heavy atom. The first-order valence-corrected chi connectivity index (χ1v) is 9.39. The molecular weight excluding hydrogens is 406 g/mol. The fourth-order valence-corrected chi connectivity index (χ4v) is 2.72. The molecule has 0 bridgehead atoms. The maximum Gasteiger partial charge on any atom is 0.267 e. The summed E-state index contributed by atoms with van der Waals surface area (Å²) < 4.78 is 16.1. The molecule has 1 N–H and O–H groups in total. The standard InChI is InChI=1S/C22H18ClN3O4/c1-15-11-21(26-30-15)25-22(27)17(14-24)12-16-7-8-20(19(23)13-16)29-10-9-28-18-5-3-2-4-6-18/h2-8,11-13H,9-10H2,1H3,(H,25,26,27)/b17-12-. The molecule has 0 aliphatic carbocycles. The number of halogens is 1. The summed E-state index contributed by atoms with van der Waals surface area (Å²) in [4.78, 5) is 12.2. The third kappa shape index (κ3) is 5.87. The van der Waals surface area contributed by atoms with Gasteiger partial charge in [-0.1, -0.05) is 41.0 Å². The van der Waals surface area contributed by atoms with Crippen LogP contribution in [0.25, 0.3) is 6.08 Å². The summed E-state index contributed by atoms with van der Waals surface area (Å²) in [5.41, 5.74) is 0.479. The van der Waals surface area contributed by atoms with Crippen LogP contribution in [0.4, 0.5) is 5.82 Å². The second-order valence-electron chi connectivity index (χ2n) is 6.15. The molecule has 2 aromatic carbocycles. The van der Waals surface area contributed by atoms with Crippen LogP contribution in [0.5, 0.6) is 11.5 Å². The third-order valence-corrected chi connectivity index (χ3v) is 4.15. The van der Waals surface area contributed by atoms with E-state index in [1.807, 2.05) is 36.4 Å². The number of nitrogens with zero attached hydrogens (tertiary/aromatic N) is 2. The lowest BCUT2D eigenvalue weighted by Gasteiger charge is -2.10. The van der Waals surface area contributed by atoms with Crippen LogP contribution in [-0.4, -0.2) is 24.3 Å². The number of anilines is 1. The van der Waals surface area contributed by atoms with Crippen LogP contribution in [0, 0.1) is 18.3 Å². The zero-order valence-electron chi connectivity index (χ0n) is 16.1. The first-order chi connectivity index (χ1) is 14.5. The molecule has 0 unspecified atom stereocenters. The summed E-state index contributed by atoms with van der Waals surface area (Å²) in [6.45, 7) is 2.37. The highest BCUT2D eigenvalue weighted by Crippen LogP contribution is 2.26. The molecule has 0 atom stereocenters. The third-order valence-electron chi connectivity index (χ3n) is 3.85. The normalized spacial score (nSPS) is 10.9. The molecule has 0 radical (unpaired) electrons. The molecule has 0 aliphatic heterocycles. The van der Waals surface area contributed by atoms with E-state index >= 15 is 0 Å². The van der Waals surface area contributed by atoms with E-state index in [1.165, 1.54) is 6.08 Å². The minimum absolute atomic E-state index is 0.100. The van der Waals surface area contributed by atoms with E-state index in [0.717, 1.165) is 5.75 Å². The highest BCUT2D eigenvalue weighted by atomic mass is 35.5. The Morgan fingerprint density at radius 2 is 1.97 bits per heavy atom. The van der Waals surface area contributed by atoms with Crippen LogP contribution in [-0.2, 0) is 4.79 Å². The highest BCUT2D eigenvalue weighted by molar-refractivity contribution is 6.32. The van der Waals surface area contributed by atoms with E-state index in [4.69, 9.17) is 25.6 Å². The summed E-state index contributed by atoms with van der Waals surface area (Å²) in [7, 11) is 0. The predicted octanol–water partition coefficient (Wildman–Crippen LogP) is 4.64. The smallest absolute Gasteiger partial charge is 0.267 e. The number of ether oxygens (including phenoxy) is 2. The van der Waals surface area contributed by atoms with Gasteiger partial charge >= 0.3 is 0 Å². The Hall–Kier alpha value is -3.76. The summed E-state index contributed by atoms with van der Waals surface area (Å²) >= 11 is 6.26. The second-order valence-corrected chi connectivity index (χ2v) is 6.55. The molecule has 3 rings (SSSR count). The number of nitrogens with one attached hydrogen (secondary N) is 1. The number of hydrogen-bond acceptors (Lipinski definition) is 6. The van der Waals surface area contributed by atoms with Crippen molar-refractivity contribution in [3.63, 3.8) is 0 Å². The largest absolute Gasteiger partial charge is 0.490 e. The zero-order chi connectivity index (χ0) is 21.3. The summed E-state index contributed by atoms with van der Waals surface area (Å²) in [5, 5.41) is 15.8. The Balaban J connectivity index is 1.58. The van der Waals surface area contributed by atoms with Gasteiger partial charge in [-0.15, -0.1) is 0 Å². The number of amides is 1. The maximum absolute atomic E-state index is 12.2. The van der Waals surface area contributed by atoms with Crippen molar-refractivity contribution >= 4 is 29.4 Å². The van der Waals surface area contributed by atoms with Gasteiger partial charge in [-0.2, -0.15) is 5.26 Å². The lowest BCUT2D eigenvalue weighted by Crippen LogP contribution is -2.13. The Labute approximate surface area is 178 Å². The van der Waals surface area contributed by atoms with E-state index in [9.17, 15) is 10.1 Å². The lowest BCUT2D eigenvalue weighted by molar-refractivity contribution is -0.112. The quantitative estimate of drug-likeness (QED) is 0.322. The zero-order valence-corrected chi connectivity index (χ0v) is 16.8. The monoisotopic (exact) mass is 423 g/mol. The summed E-state index contributed by atoms with van der Waals surface area (Å²) in [6, 6.07) is 17.8. The number of aromatic nitrogens is 1. The molecule has 1 aromatic heterocycles. The van der Waals surface area contributed by atoms with Gasteiger partial charge < -0.3 is 19.3 Å². The van der Waals surface area contributed by atoms with E-state index in [2.05, 4.69) is 10.5 Å². The van der Waals surface area contributed by atoms with E-state index < -0.39 is 5.91 Å². The fourth-order valence-electron chi connectivity index (χ4n) is 2.48. The second kappa shape index (κ2) is 10.1. The molecule has 1 amide bonds. The van der Waals surface area contributed by atoms with Gasteiger partial charge in [0, 0.05) is 6.07 Å². The Kier molecular flexibility index (Phi) is 7.09. The topological polar surface area (TPSA) is 97.4 Å². The van der Waals surface area contributed by atoms with Gasteiger partial charge in [0.15, 0.2) is 5.82 Å². The van der Waals surface area contributed by atoms with Crippen molar-refractivity contribution in [1.82, 2.24) is 5.16 Å². The van der Waals surface area contributed by atoms with Gasteiger partial charge in [0.05, 0.1) is 5.02 Å². The van der Waals surface area contributed by atoms with Crippen LogP contribution in [0.2, 0.25) is 5.02 Å². The molecule has 152 valence electrons. The Morgan fingerprint density at radius 1 is 1.20 bits per heavy atom. The molecule has 30 heavy (non-hydrogen) atoms. The van der Waals surface area contributed by atoms with E-state index in [0.29, 0.717) is 35.3 Å². The minimum atomic E-state index is -0.597. The number of carbonyl (C=O) groups is 1. The van der Waals surface area contributed by atoms with Gasteiger partial charge in [0.1, 0.15) is 42.1 Å². The molecule has 0 saturated carbocycles. The first-order valence-electron chi connectivity index (χ1n) is 9.02. The number of para-hydroxylation sites is 1. The van der Waals surface area contributed by atoms with Gasteiger partial charge in [0.25, 0.3) is 5.91 Å². The average molecular weight is 424 g/mol. The van der Waals surface area contributed by atoms with E-state index in [1.54, 1.807) is 31.2 Å². The average Bonchev–Trinajstić information content (AvgIpc) is 3.15. The van der Waals surface area contributed by atoms with E-state index in [-0.39, 0.29) is 11.4 Å². The predicted molar refractivity (Wildman–Crippen MR) is 112 cm³/mol. The van der Waals surface area contributed by atoms with Gasteiger partial charge in [-0.05, 0) is 42.8 Å². The summed E-state index contributed by atoms with van der Waals surface area (Å²) in [6.07, 6.45) is 1.43. The molecule has 0 fully saturated rings. The molecule has 7 nitrogen and oxygen atoms in total. The van der Waals surface area contributed by atoms with Crippen molar-refractivity contribution in [2.75, 3.05) is 18.5 Å². The SMILES string of the molecule is Cc1cc(NC(=O)/C(C#N)=C\c2ccc(OCCOc3ccccc3)c(Cl)c2)no1. The maximum atomic E-state index is 12.2. The van der Waals surface area contributed by atoms with Crippen molar-refractivity contribution in [2.24, 2.45) is 0 Å². The number of nitriles is 1. The van der Waals surface area contributed by atoms with Crippen molar-refractivity contribution in [1.29, 1.82) is 5.26 Å².